The number of nitrogens with zero attached hydrogens (tertiary/aromatic N) is 2. The zero-order valence-electron chi connectivity index (χ0n) is 10.2. The maximum Gasteiger partial charge on any atom is 0.137 e. The zero-order valence-corrected chi connectivity index (χ0v) is 11.0. The smallest absolute Gasteiger partial charge is 0.137 e. The fourth-order valence-corrected chi connectivity index (χ4v) is 2.31. The van der Waals surface area contributed by atoms with E-state index in [2.05, 4.69) is 22.3 Å². The van der Waals surface area contributed by atoms with E-state index in [0.717, 1.165) is 22.6 Å². The van der Waals surface area contributed by atoms with E-state index in [-0.39, 0.29) is 6.04 Å². The molecule has 1 unspecified atom stereocenters. The van der Waals surface area contributed by atoms with E-state index in [9.17, 15) is 0 Å². The average molecular weight is 264 g/mol. The van der Waals surface area contributed by atoms with Crippen molar-refractivity contribution in [2.24, 2.45) is 5.84 Å². The molecular formula is C12H16N4OS. The lowest BCUT2D eigenvalue weighted by Gasteiger charge is -2.14. The number of rotatable bonds is 6. The summed E-state index contributed by atoms with van der Waals surface area (Å²) in [7, 11) is 0. The highest BCUT2D eigenvalue weighted by Crippen LogP contribution is 2.25. The van der Waals surface area contributed by atoms with E-state index in [1.54, 1.807) is 35.4 Å². The number of pyridine rings is 1. The van der Waals surface area contributed by atoms with Crippen molar-refractivity contribution in [3.63, 3.8) is 0 Å². The van der Waals surface area contributed by atoms with Crippen molar-refractivity contribution >= 4 is 11.3 Å². The fraction of sp³-hybridized carbons (Fsp3) is 0.333. The van der Waals surface area contributed by atoms with E-state index in [4.69, 9.17) is 10.6 Å². The second-order valence-electron chi connectivity index (χ2n) is 3.81. The van der Waals surface area contributed by atoms with Crippen molar-refractivity contribution in [1.82, 2.24) is 15.4 Å². The molecule has 0 aliphatic heterocycles. The van der Waals surface area contributed by atoms with Crippen LogP contribution in [0.3, 0.4) is 0 Å². The van der Waals surface area contributed by atoms with Gasteiger partial charge in [0.05, 0.1) is 24.4 Å². The second-order valence-corrected chi connectivity index (χ2v) is 4.72. The van der Waals surface area contributed by atoms with Crippen LogP contribution in [-0.4, -0.2) is 16.6 Å². The molecule has 2 heterocycles. The summed E-state index contributed by atoms with van der Waals surface area (Å²) in [6.07, 6.45) is 6.26. The van der Waals surface area contributed by atoms with Gasteiger partial charge in [-0.1, -0.05) is 6.92 Å². The average Bonchev–Trinajstić information content (AvgIpc) is 2.92. The molecule has 6 heteroatoms. The quantitative estimate of drug-likeness (QED) is 0.615. The summed E-state index contributed by atoms with van der Waals surface area (Å²) in [5.74, 6) is 6.37. The number of nitrogens with one attached hydrogen (secondary N) is 1. The molecule has 18 heavy (non-hydrogen) atoms. The molecule has 0 fully saturated rings. The Morgan fingerprint density at radius 1 is 1.39 bits per heavy atom. The molecule has 0 saturated heterocycles. The summed E-state index contributed by atoms with van der Waals surface area (Å²) in [6.45, 7) is 2.76. The maximum atomic E-state index is 5.61. The van der Waals surface area contributed by atoms with Crippen LogP contribution in [0.25, 0.3) is 0 Å². The van der Waals surface area contributed by atoms with Crippen LogP contribution in [0.4, 0.5) is 0 Å². The predicted molar refractivity (Wildman–Crippen MR) is 71.3 cm³/mol. The highest BCUT2D eigenvalue weighted by Gasteiger charge is 2.15. The Balaban J connectivity index is 2.20. The first kappa shape index (κ1) is 12.9. The van der Waals surface area contributed by atoms with Gasteiger partial charge in [-0.2, -0.15) is 0 Å². The van der Waals surface area contributed by atoms with Gasteiger partial charge in [0.25, 0.3) is 0 Å². The Kier molecular flexibility index (Phi) is 4.63. The van der Waals surface area contributed by atoms with Gasteiger partial charge in [-0.25, -0.2) is 5.43 Å². The minimum absolute atomic E-state index is 0.102. The Labute approximate surface area is 110 Å². The van der Waals surface area contributed by atoms with Crippen LogP contribution in [0.5, 0.6) is 5.75 Å². The van der Waals surface area contributed by atoms with Gasteiger partial charge < -0.3 is 4.74 Å². The van der Waals surface area contributed by atoms with Gasteiger partial charge in [-0.15, -0.1) is 11.3 Å². The molecule has 0 aliphatic carbocycles. The molecule has 0 aliphatic rings. The minimum Gasteiger partial charge on any atom is -0.492 e. The monoisotopic (exact) mass is 264 g/mol. The Morgan fingerprint density at radius 2 is 2.28 bits per heavy atom. The Morgan fingerprint density at radius 3 is 2.94 bits per heavy atom. The van der Waals surface area contributed by atoms with E-state index < -0.39 is 0 Å². The van der Waals surface area contributed by atoms with Crippen molar-refractivity contribution < 1.29 is 4.74 Å². The van der Waals surface area contributed by atoms with E-state index >= 15 is 0 Å². The van der Waals surface area contributed by atoms with Crippen molar-refractivity contribution in [3.8, 4) is 5.75 Å². The topological polar surface area (TPSA) is 73.1 Å². The fourth-order valence-electron chi connectivity index (χ4n) is 1.60. The largest absolute Gasteiger partial charge is 0.492 e. The van der Waals surface area contributed by atoms with Crippen LogP contribution in [-0.2, 0) is 0 Å². The molecule has 96 valence electrons. The third kappa shape index (κ3) is 3.04. The number of hydrogen-bond donors (Lipinski definition) is 2. The van der Waals surface area contributed by atoms with Crippen LogP contribution in [0.15, 0.2) is 30.2 Å². The van der Waals surface area contributed by atoms with Crippen LogP contribution in [0.1, 0.15) is 29.8 Å². The van der Waals surface area contributed by atoms with Crippen LogP contribution in [0.2, 0.25) is 0 Å². The zero-order chi connectivity index (χ0) is 12.8. The number of hydrogen-bond acceptors (Lipinski definition) is 6. The first-order valence-corrected chi connectivity index (χ1v) is 6.65. The SMILES string of the molecule is CCCOc1cncc(C(NN)c2cncs2)c1. The molecule has 1 atom stereocenters. The molecule has 0 amide bonds. The van der Waals surface area contributed by atoms with Crippen molar-refractivity contribution in [2.45, 2.75) is 19.4 Å². The highest BCUT2D eigenvalue weighted by atomic mass is 32.1. The van der Waals surface area contributed by atoms with Crippen molar-refractivity contribution in [2.75, 3.05) is 6.61 Å². The van der Waals surface area contributed by atoms with Crippen LogP contribution in [0, 0.1) is 0 Å². The molecule has 5 nitrogen and oxygen atoms in total. The van der Waals surface area contributed by atoms with Gasteiger partial charge in [0.1, 0.15) is 5.75 Å². The van der Waals surface area contributed by atoms with Gasteiger partial charge in [-0.3, -0.25) is 15.8 Å². The Hall–Kier alpha value is -1.50. The Bertz CT molecular complexity index is 475. The summed E-state index contributed by atoms with van der Waals surface area (Å²) in [5, 5.41) is 0. The second kappa shape index (κ2) is 6.44. The molecule has 3 N–H and O–H groups in total. The molecule has 2 aromatic heterocycles. The minimum atomic E-state index is -0.102. The predicted octanol–water partition coefficient (Wildman–Crippen LogP) is 1.88. The number of ether oxygens (including phenoxy) is 1. The lowest BCUT2D eigenvalue weighted by molar-refractivity contribution is 0.315. The third-order valence-electron chi connectivity index (χ3n) is 2.44. The molecule has 2 rings (SSSR count). The third-order valence-corrected chi connectivity index (χ3v) is 3.28. The normalized spacial score (nSPS) is 12.3. The highest BCUT2D eigenvalue weighted by molar-refractivity contribution is 7.09. The molecule has 0 bridgehead atoms. The summed E-state index contributed by atoms with van der Waals surface area (Å²) >= 11 is 1.55. The van der Waals surface area contributed by atoms with Crippen molar-refractivity contribution in [1.29, 1.82) is 0 Å². The lowest BCUT2D eigenvalue weighted by atomic mass is 10.1. The maximum absolute atomic E-state index is 5.61. The van der Waals surface area contributed by atoms with E-state index in [1.807, 2.05) is 6.07 Å². The molecule has 2 aromatic rings. The number of thiazole rings is 1. The number of hydrazine groups is 1. The molecule has 0 aromatic carbocycles. The molecule has 0 spiro atoms. The van der Waals surface area contributed by atoms with E-state index in [1.165, 1.54) is 0 Å². The van der Waals surface area contributed by atoms with Gasteiger partial charge in [-0.05, 0) is 18.1 Å². The summed E-state index contributed by atoms with van der Waals surface area (Å²) < 4.78 is 5.56. The summed E-state index contributed by atoms with van der Waals surface area (Å²) in [6, 6.07) is 1.85. The first-order valence-electron chi connectivity index (χ1n) is 5.77. The van der Waals surface area contributed by atoms with Gasteiger partial charge >= 0.3 is 0 Å². The molecular weight excluding hydrogens is 248 g/mol. The number of nitrogens with two attached hydrogens (primary N) is 1. The summed E-state index contributed by atoms with van der Waals surface area (Å²) in [4.78, 5) is 9.29. The van der Waals surface area contributed by atoms with Gasteiger partial charge in [0, 0.05) is 17.3 Å². The van der Waals surface area contributed by atoms with Gasteiger partial charge in [0.2, 0.25) is 0 Å². The van der Waals surface area contributed by atoms with Gasteiger partial charge in [0.15, 0.2) is 0 Å². The molecule has 0 saturated carbocycles. The van der Waals surface area contributed by atoms with E-state index in [0.29, 0.717) is 6.61 Å². The lowest BCUT2D eigenvalue weighted by Crippen LogP contribution is -2.28. The standard InChI is InChI=1S/C12H16N4OS/c1-2-3-17-10-4-9(5-14-6-10)12(16-13)11-7-15-8-18-11/h4-8,12,16H,2-3,13H2,1H3. The summed E-state index contributed by atoms with van der Waals surface area (Å²) in [5.41, 5.74) is 5.53. The number of aromatic nitrogens is 2. The van der Waals surface area contributed by atoms with Crippen LogP contribution >= 0.6 is 11.3 Å². The first-order chi connectivity index (χ1) is 8.85. The van der Waals surface area contributed by atoms with Crippen molar-refractivity contribution in [3.05, 3.63) is 40.6 Å². The molecule has 0 radical (unpaired) electrons. The van der Waals surface area contributed by atoms with Crippen LogP contribution < -0.4 is 16.0 Å².